The lowest BCUT2D eigenvalue weighted by Crippen LogP contribution is -2.43. The van der Waals surface area contributed by atoms with Gasteiger partial charge in [0.05, 0.1) is 11.1 Å². The third-order valence-electron chi connectivity index (χ3n) is 6.47. The van der Waals surface area contributed by atoms with E-state index in [1.165, 1.54) is 6.20 Å². The number of anilines is 2. The van der Waals surface area contributed by atoms with E-state index in [0.717, 1.165) is 54.6 Å². The van der Waals surface area contributed by atoms with E-state index in [-0.39, 0.29) is 5.91 Å². The largest absolute Gasteiger partial charge is 0.383 e. The number of likely N-dealkylation sites (N-methyl/N-ethyl adjacent to an activating group) is 1. The van der Waals surface area contributed by atoms with Gasteiger partial charge >= 0.3 is 0 Å². The smallest absolute Gasteiger partial charge is 0.257 e. The van der Waals surface area contributed by atoms with E-state index >= 15 is 0 Å². The van der Waals surface area contributed by atoms with Gasteiger partial charge in [-0.3, -0.25) is 14.7 Å². The van der Waals surface area contributed by atoms with Crippen molar-refractivity contribution in [1.29, 1.82) is 0 Å². The van der Waals surface area contributed by atoms with Gasteiger partial charge in [-0.05, 0) is 30.8 Å². The Bertz CT molecular complexity index is 1520. The average Bonchev–Trinajstić information content (AvgIpc) is 2.91. The first-order valence-electron chi connectivity index (χ1n) is 12.1. The molecular weight excluding hydrogens is 484 g/mol. The highest BCUT2D eigenvalue weighted by atomic mass is 35.5. The van der Waals surface area contributed by atoms with Crippen LogP contribution in [0.2, 0.25) is 5.02 Å². The molecule has 7 nitrogen and oxygen atoms in total. The van der Waals surface area contributed by atoms with Gasteiger partial charge < -0.3 is 16.0 Å². The van der Waals surface area contributed by atoms with Crippen molar-refractivity contribution in [3.63, 3.8) is 0 Å². The molecular formula is C29H27ClN6O. The van der Waals surface area contributed by atoms with Crippen molar-refractivity contribution in [2.75, 3.05) is 44.3 Å². The van der Waals surface area contributed by atoms with Gasteiger partial charge in [0.25, 0.3) is 5.91 Å². The van der Waals surface area contributed by atoms with Gasteiger partial charge in [-0.2, -0.15) is 0 Å². The molecule has 1 aliphatic heterocycles. The molecule has 0 atom stereocenters. The number of nitrogens with zero attached hydrogens (tertiary/aromatic N) is 4. The number of hydrogen-bond acceptors (Lipinski definition) is 6. The predicted octanol–water partition coefficient (Wildman–Crippen LogP) is 4.26. The number of amides is 1. The lowest BCUT2D eigenvalue weighted by molar-refractivity contribution is 0.102. The van der Waals surface area contributed by atoms with Crippen LogP contribution in [0.5, 0.6) is 0 Å². The second-order valence-corrected chi connectivity index (χ2v) is 9.56. The number of rotatable bonds is 4. The molecule has 2 aromatic carbocycles. The molecule has 0 spiro atoms. The van der Waals surface area contributed by atoms with Crippen molar-refractivity contribution < 1.29 is 4.79 Å². The number of halogens is 1. The van der Waals surface area contributed by atoms with E-state index < -0.39 is 0 Å². The quantitative estimate of drug-likeness (QED) is 0.399. The van der Waals surface area contributed by atoms with Crippen molar-refractivity contribution in [3.05, 3.63) is 94.4 Å². The molecule has 1 amide bonds. The van der Waals surface area contributed by atoms with Crippen LogP contribution in [0.1, 0.15) is 27.0 Å². The van der Waals surface area contributed by atoms with E-state index in [4.69, 9.17) is 17.3 Å². The molecule has 8 heteroatoms. The van der Waals surface area contributed by atoms with Crippen LogP contribution in [-0.4, -0.2) is 58.9 Å². The molecule has 4 aromatic rings. The number of benzene rings is 2. The monoisotopic (exact) mass is 510 g/mol. The highest BCUT2D eigenvalue weighted by Crippen LogP contribution is 2.24. The molecule has 1 aliphatic rings. The second kappa shape index (κ2) is 11.0. The summed E-state index contributed by atoms with van der Waals surface area (Å²) in [5.41, 5.74) is 9.45. The maximum absolute atomic E-state index is 12.9. The second-order valence-electron chi connectivity index (χ2n) is 9.15. The Labute approximate surface area is 221 Å². The first kappa shape index (κ1) is 24.7. The number of aromatic nitrogens is 2. The van der Waals surface area contributed by atoms with Gasteiger partial charge in [0.15, 0.2) is 0 Å². The number of fused-ring (bicyclic) bond motifs is 1. The Kier molecular flexibility index (Phi) is 7.33. The summed E-state index contributed by atoms with van der Waals surface area (Å²) in [6.07, 6.45) is 4.80. The van der Waals surface area contributed by atoms with Crippen LogP contribution in [0.25, 0.3) is 10.8 Å². The van der Waals surface area contributed by atoms with E-state index in [9.17, 15) is 4.79 Å². The SMILES string of the molecule is CN1CCN(Cc2ccc(NC(=O)c3cncc(C#Cc4cnc(N)c5ccccc45)c3)cc2Cl)CC1. The summed E-state index contributed by atoms with van der Waals surface area (Å²) in [6.45, 7) is 4.93. The van der Waals surface area contributed by atoms with Crippen molar-refractivity contribution in [2.45, 2.75) is 6.54 Å². The molecule has 2 aromatic heterocycles. The number of nitrogen functional groups attached to an aromatic ring is 1. The van der Waals surface area contributed by atoms with Gasteiger partial charge in [-0.15, -0.1) is 0 Å². The van der Waals surface area contributed by atoms with Gasteiger partial charge in [0.1, 0.15) is 5.82 Å². The van der Waals surface area contributed by atoms with Gasteiger partial charge in [0, 0.05) is 78.4 Å². The van der Waals surface area contributed by atoms with Gasteiger partial charge in [-0.1, -0.05) is 53.8 Å². The lowest BCUT2D eigenvalue weighted by atomic mass is 10.1. The van der Waals surface area contributed by atoms with E-state index in [2.05, 4.69) is 44.0 Å². The maximum Gasteiger partial charge on any atom is 0.257 e. The van der Waals surface area contributed by atoms with Crippen LogP contribution in [0.4, 0.5) is 11.5 Å². The third kappa shape index (κ3) is 5.89. The normalized spacial score (nSPS) is 14.2. The van der Waals surface area contributed by atoms with Crippen LogP contribution in [0.15, 0.2) is 67.1 Å². The molecule has 37 heavy (non-hydrogen) atoms. The number of nitrogens with one attached hydrogen (secondary N) is 1. The Balaban J connectivity index is 1.28. The van der Waals surface area contributed by atoms with Crippen LogP contribution < -0.4 is 11.1 Å². The number of hydrogen-bond donors (Lipinski definition) is 2. The summed E-state index contributed by atoms with van der Waals surface area (Å²) in [6, 6.07) is 15.1. The minimum atomic E-state index is -0.279. The highest BCUT2D eigenvalue weighted by molar-refractivity contribution is 6.31. The number of carbonyl (C=O) groups is 1. The molecule has 3 heterocycles. The lowest BCUT2D eigenvalue weighted by Gasteiger charge is -2.32. The van der Waals surface area contributed by atoms with Crippen molar-refractivity contribution in [1.82, 2.24) is 19.8 Å². The van der Waals surface area contributed by atoms with E-state index in [1.807, 2.05) is 36.4 Å². The summed E-state index contributed by atoms with van der Waals surface area (Å²) in [4.78, 5) is 26.1. The topological polar surface area (TPSA) is 87.4 Å². The fourth-order valence-electron chi connectivity index (χ4n) is 4.29. The zero-order valence-corrected chi connectivity index (χ0v) is 21.3. The van der Waals surface area contributed by atoms with E-state index in [1.54, 1.807) is 24.5 Å². The minimum Gasteiger partial charge on any atom is -0.383 e. The van der Waals surface area contributed by atoms with E-state index in [0.29, 0.717) is 27.7 Å². The first-order chi connectivity index (χ1) is 18.0. The Morgan fingerprint density at radius 2 is 1.81 bits per heavy atom. The minimum absolute atomic E-state index is 0.279. The molecule has 1 saturated heterocycles. The summed E-state index contributed by atoms with van der Waals surface area (Å²) in [7, 11) is 2.14. The summed E-state index contributed by atoms with van der Waals surface area (Å²) >= 11 is 6.55. The Morgan fingerprint density at radius 3 is 2.59 bits per heavy atom. The number of nitrogens with two attached hydrogens (primary N) is 1. The zero-order valence-electron chi connectivity index (χ0n) is 20.5. The first-order valence-corrected chi connectivity index (χ1v) is 12.4. The third-order valence-corrected chi connectivity index (χ3v) is 6.82. The molecule has 0 unspecified atom stereocenters. The number of carbonyl (C=O) groups excluding carboxylic acids is 1. The van der Waals surface area contributed by atoms with Crippen LogP contribution in [-0.2, 0) is 6.54 Å². The standard InChI is InChI=1S/C29H27ClN6O/c1-35-10-12-36(13-11-35)19-22-8-9-24(15-27(22)30)34-29(37)23-14-20(16-32-17-23)6-7-21-18-33-28(31)26-5-3-2-4-25(21)26/h2-5,8-9,14-18H,10-13,19H2,1H3,(H2,31,33)(H,34,37). The molecule has 5 rings (SSSR count). The summed E-state index contributed by atoms with van der Waals surface area (Å²) in [5, 5.41) is 5.33. The van der Waals surface area contributed by atoms with Crippen molar-refractivity contribution >= 4 is 39.8 Å². The van der Waals surface area contributed by atoms with Crippen LogP contribution >= 0.6 is 11.6 Å². The fourth-order valence-corrected chi connectivity index (χ4v) is 4.53. The Morgan fingerprint density at radius 1 is 1.03 bits per heavy atom. The highest BCUT2D eigenvalue weighted by Gasteiger charge is 2.16. The van der Waals surface area contributed by atoms with Crippen LogP contribution in [0.3, 0.4) is 0 Å². The average molecular weight is 511 g/mol. The molecule has 0 radical (unpaired) electrons. The number of pyridine rings is 2. The molecule has 0 saturated carbocycles. The molecule has 1 fully saturated rings. The summed E-state index contributed by atoms with van der Waals surface area (Å²) < 4.78 is 0. The number of piperazine rings is 1. The van der Waals surface area contributed by atoms with Crippen molar-refractivity contribution in [3.8, 4) is 11.8 Å². The Hall–Kier alpha value is -3.96. The van der Waals surface area contributed by atoms with Crippen molar-refractivity contribution in [2.24, 2.45) is 0 Å². The zero-order chi connectivity index (χ0) is 25.8. The molecule has 3 N–H and O–H groups in total. The summed E-state index contributed by atoms with van der Waals surface area (Å²) in [5.74, 6) is 6.41. The molecule has 186 valence electrons. The van der Waals surface area contributed by atoms with Gasteiger partial charge in [0.2, 0.25) is 0 Å². The molecule has 0 aliphatic carbocycles. The maximum atomic E-state index is 12.9. The fraction of sp³-hybridized carbons (Fsp3) is 0.207. The predicted molar refractivity (Wildman–Crippen MR) is 149 cm³/mol. The van der Waals surface area contributed by atoms with Crippen LogP contribution in [0, 0.1) is 11.8 Å². The van der Waals surface area contributed by atoms with Gasteiger partial charge in [-0.25, -0.2) is 4.98 Å². The molecule has 0 bridgehead atoms.